The number of fused-ring (bicyclic) bond motifs is 3. The van der Waals surface area contributed by atoms with E-state index in [1.165, 1.54) is 35.4 Å². The molecule has 0 aliphatic heterocycles. The number of rotatable bonds is 1. The van der Waals surface area contributed by atoms with E-state index in [0.29, 0.717) is 5.82 Å². The maximum absolute atomic E-state index is 13.0. The zero-order valence-electron chi connectivity index (χ0n) is 12.0. The van der Waals surface area contributed by atoms with Crippen LogP contribution in [0.4, 0.5) is 4.39 Å². The number of nitrogens with one attached hydrogen (secondary N) is 1. The zero-order valence-corrected chi connectivity index (χ0v) is 12.8. The van der Waals surface area contributed by atoms with Gasteiger partial charge in [0.25, 0.3) is 5.56 Å². The second-order valence-electron chi connectivity index (χ2n) is 5.67. The fraction of sp³-hybridized carbons (Fsp3) is 0.294. The van der Waals surface area contributed by atoms with Crippen molar-refractivity contribution in [3.05, 3.63) is 50.9 Å². The zero-order chi connectivity index (χ0) is 15.1. The third-order valence-electron chi connectivity index (χ3n) is 4.19. The minimum absolute atomic E-state index is 0.0799. The van der Waals surface area contributed by atoms with Gasteiger partial charge in [-0.25, -0.2) is 9.37 Å². The second kappa shape index (κ2) is 5.32. The van der Waals surface area contributed by atoms with Crippen molar-refractivity contribution in [1.29, 1.82) is 0 Å². The van der Waals surface area contributed by atoms with Crippen LogP contribution in [-0.2, 0) is 12.8 Å². The van der Waals surface area contributed by atoms with Gasteiger partial charge < -0.3 is 4.98 Å². The lowest BCUT2D eigenvalue weighted by atomic mass is 10.1. The summed E-state index contributed by atoms with van der Waals surface area (Å²) >= 11 is 1.63. The van der Waals surface area contributed by atoms with Crippen LogP contribution in [0, 0.1) is 5.82 Å². The molecule has 1 aliphatic rings. The van der Waals surface area contributed by atoms with Crippen molar-refractivity contribution in [3.8, 4) is 11.4 Å². The van der Waals surface area contributed by atoms with Crippen molar-refractivity contribution in [1.82, 2.24) is 9.97 Å². The van der Waals surface area contributed by atoms with Gasteiger partial charge in [0, 0.05) is 10.4 Å². The predicted octanol–water partition coefficient (Wildman–Crippen LogP) is 4.06. The van der Waals surface area contributed by atoms with Gasteiger partial charge in [0.15, 0.2) is 0 Å². The first-order chi connectivity index (χ1) is 10.7. The quantitative estimate of drug-likeness (QED) is 0.689. The summed E-state index contributed by atoms with van der Waals surface area (Å²) in [5.41, 5.74) is 1.84. The second-order valence-corrected chi connectivity index (χ2v) is 6.75. The minimum Gasteiger partial charge on any atom is -0.306 e. The van der Waals surface area contributed by atoms with Crippen molar-refractivity contribution in [2.45, 2.75) is 32.1 Å². The molecule has 4 rings (SSSR count). The van der Waals surface area contributed by atoms with Crippen LogP contribution >= 0.6 is 11.3 Å². The molecule has 0 bridgehead atoms. The average Bonchev–Trinajstić information content (AvgIpc) is 2.70. The molecule has 0 fully saturated rings. The SMILES string of the molecule is O=c1[nH]c(-c2ccc(F)cc2)nc2sc3c(c12)CCCCC3. The lowest BCUT2D eigenvalue weighted by Crippen LogP contribution is -2.10. The molecule has 2 aromatic heterocycles. The lowest BCUT2D eigenvalue weighted by molar-refractivity contribution is 0.628. The van der Waals surface area contributed by atoms with Gasteiger partial charge in [-0.15, -0.1) is 11.3 Å². The van der Waals surface area contributed by atoms with Crippen LogP contribution in [0.1, 0.15) is 29.7 Å². The molecule has 3 nitrogen and oxygen atoms in total. The number of hydrogen-bond donors (Lipinski definition) is 1. The van der Waals surface area contributed by atoms with Gasteiger partial charge in [-0.05, 0) is 55.5 Å². The van der Waals surface area contributed by atoms with Gasteiger partial charge in [0.05, 0.1) is 5.39 Å². The Morgan fingerprint density at radius 2 is 1.86 bits per heavy atom. The first-order valence-electron chi connectivity index (χ1n) is 7.53. The lowest BCUT2D eigenvalue weighted by Gasteiger charge is -2.02. The van der Waals surface area contributed by atoms with Gasteiger partial charge in [-0.1, -0.05) is 6.42 Å². The number of aryl methyl sites for hydroxylation is 2. The molecular formula is C17H15FN2OS. The number of halogens is 1. The van der Waals surface area contributed by atoms with Crippen LogP contribution in [-0.4, -0.2) is 9.97 Å². The van der Waals surface area contributed by atoms with Crippen molar-refractivity contribution in [2.75, 3.05) is 0 Å². The first-order valence-corrected chi connectivity index (χ1v) is 8.34. The van der Waals surface area contributed by atoms with Crippen LogP contribution in [0.15, 0.2) is 29.1 Å². The van der Waals surface area contributed by atoms with Crippen LogP contribution in [0.2, 0.25) is 0 Å². The molecule has 5 heteroatoms. The number of hydrogen-bond acceptors (Lipinski definition) is 3. The molecule has 0 unspecified atom stereocenters. The van der Waals surface area contributed by atoms with E-state index in [4.69, 9.17) is 0 Å². The Labute approximate surface area is 130 Å². The van der Waals surface area contributed by atoms with Gasteiger partial charge >= 0.3 is 0 Å². The maximum Gasteiger partial charge on any atom is 0.260 e. The fourth-order valence-corrected chi connectivity index (χ4v) is 4.35. The van der Waals surface area contributed by atoms with E-state index >= 15 is 0 Å². The summed E-state index contributed by atoms with van der Waals surface area (Å²) in [6.07, 6.45) is 5.56. The van der Waals surface area contributed by atoms with Gasteiger partial charge in [0.1, 0.15) is 16.5 Å². The van der Waals surface area contributed by atoms with Gasteiger partial charge in [-0.2, -0.15) is 0 Å². The van der Waals surface area contributed by atoms with E-state index in [2.05, 4.69) is 9.97 Å². The summed E-state index contributed by atoms with van der Waals surface area (Å²) in [5, 5.41) is 0.757. The highest BCUT2D eigenvalue weighted by atomic mass is 32.1. The van der Waals surface area contributed by atoms with E-state index in [1.54, 1.807) is 23.5 Å². The average molecular weight is 314 g/mol. The maximum atomic E-state index is 13.0. The van der Waals surface area contributed by atoms with E-state index in [0.717, 1.165) is 35.0 Å². The number of thiophene rings is 1. The van der Waals surface area contributed by atoms with Crippen LogP contribution in [0.5, 0.6) is 0 Å². The Balaban J connectivity index is 1.90. The van der Waals surface area contributed by atoms with Crippen LogP contribution in [0.25, 0.3) is 21.6 Å². The molecule has 0 amide bonds. The normalized spacial score (nSPS) is 14.8. The number of H-pyrrole nitrogens is 1. The standard InChI is InChI=1S/C17H15FN2OS/c18-11-8-6-10(7-9-11)15-19-16(21)14-12-4-2-1-3-5-13(12)22-17(14)20-15/h6-9H,1-5H2,(H,19,20,21). The number of aromatic nitrogens is 2. The summed E-state index contributed by atoms with van der Waals surface area (Å²) < 4.78 is 13.0. The Hall–Kier alpha value is -2.01. The summed E-state index contributed by atoms with van der Waals surface area (Å²) in [6, 6.07) is 6.03. The molecule has 22 heavy (non-hydrogen) atoms. The molecule has 1 N–H and O–H groups in total. The summed E-state index contributed by atoms with van der Waals surface area (Å²) in [7, 11) is 0. The molecule has 0 spiro atoms. The van der Waals surface area contributed by atoms with Crippen LogP contribution < -0.4 is 5.56 Å². The molecule has 112 valence electrons. The minimum atomic E-state index is -0.296. The topological polar surface area (TPSA) is 45.8 Å². The van der Waals surface area contributed by atoms with Gasteiger partial charge in [-0.3, -0.25) is 4.79 Å². The summed E-state index contributed by atoms with van der Waals surface area (Å²) in [4.78, 5) is 22.1. The van der Waals surface area contributed by atoms with E-state index < -0.39 is 0 Å². The number of benzene rings is 1. The van der Waals surface area contributed by atoms with Crippen molar-refractivity contribution < 1.29 is 4.39 Å². The Kier molecular flexibility index (Phi) is 3.30. The molecule has 0 saturated heterocycles. The highest BCUT2D eigenvalue weighted by molar-refractivity contribution is 7.18. The summed E-state index contributed by atoms with van der Waals surface area (Å²) in [5.74, 6) is 0.212. The molecule has 3 aromatic rings. The Morgan fingerprint density at radius 3 is 2.68 bits per heavy atom. The molecular weight excluding hydrogens is 299 g/mol. The summed E-state index contributed by atoms with van der Waals surface area (Å²) in [6.45, 7) is 0. The third kappa shape index (κ3) is 2.25. The highest BCUT2D eigenvalue weighted by Crippen LogP contribution is 2.33. The molecule has 1 aromatic carbocycles. The predicted molar refractivity (Wildman–Crippen MR) is 86.9 cm³/mol. The van der Waals surface area contributed by atoms with Gasteiger partial charge in [0.2, 0.25) is 0 Å². The molecule has 1 aliphatic carbocycles. The Bertz CT molecular complexity index is 895. The highest BCUT2D eigenvalue weighted by Gasteiger charge is 2.19. The Morgan fingerprint density at radius 1 is 1.09 bits per heavy atom. The van der Waals surface area contributed by atoms with Crippen molar-refractivity contribution >= 4 is 21.6 Å². The number of aromatic amines is 1. The first kappa shape index (κ1) is 13.6. The third-order valence-corrected chi connectivity index (χ3v) is 5.38. The molecule has 0 atom stereocenters. The van der Waals surface area contributed by atoms with Crippen LogP contribution in [0.3, 0.4) is 0 Å². The van der Waals surface area contributed by atoms with E-state index in [1.807, 2.05) is 0 Å². The largest absolute Gasteiger partial charge is 0.306 e. The fourth-order valence-electron chi connectivity index (χ4n) is 3.09. The monoisotopic (exact) mass is 314 g/mol. The van der Waals surface area contributed by atoms with Crippen molar-refractivity contribution in [3.63, 3.8) is 0 Å². The number of nitrogens with zero attached hydrogens (tertiary/aromatic N) is 1. The van der Waals surface area contributed by atoms with E-state index in [-0.39, 0.29) is 11.4 Å². The molecule has 0 radical (unpaired) electrons. The van der Waals surface area contributed by atoms with E-state index in [9.17, 15) is 9.18 Å². The smallest absolute Gasteiger partial charge is 0.260 e. The molecule has 0 saturated carbocycles. The van der Waals surface area contributed by atoms with Crippen molar-refractivity contribution in [2.24, 2.45) is 0 Å². The molecule has 2 heterocycles.